The van der Waals surface area contributed by atoms with E-state index < -0.39 is 11.9 Å². The Morgan fingerprint density at radius 3 is 2.83 bits per heavy atom. The van der Waals surface area contributed by atoms with E-state index in [1.54, 1.807) is 29.6 Å². The Bertz CT molecular complexity index is 704. The molecule has 1 heterocycles. The van der Waals surface area contributed by atoms with Crippen molar-refractivity contribution in [2.24, 2.45) is 11.5 Å². The maximum absolute atomic E-state index is 12.3. The molecule has 0 bridgehead atoms. The van der Waals surface area contributed by atoms with Crippen molar-refractivity contribution in [2.45, 2.75) is 18.9 Å². The Hall–Kier alpha value is -1.96. The first-order chi connectivity index (χ1) is 11.0. The second kappa shape index (κ2) is 8.05. The van der Waals surface area contributed by atoms with Gasteiger partial charge in [0.1, 0.15) is 5.69 Å². The number of thiazole rings is 1. The van der Waals surface area contributed by atoms with Crippen LogP contribution in [-0.4, -0.2) is 23.3 Å². The van der Waals surface area contributed by atoms with Gasteiger partial charge in [0.05, 0.1) is 17.5 Å². The molecule has 23 heavy (non-hydrogen) atoms. The number of primary amides is 1. The van der Waals surface area contributed by atoms with Gasteiger partial charge in [-0.2, -0.15) is 0 Å². The van der Waals surface area contributed by atoms with Crippen molar-refractivity contribution in [3.05, 3.63) is 50.9 Å². The second-order valence-electron chi connectivity index (χ2n) is 4.92. The Labute approximate surface area is 142 Å². The van der Waals surface area contributed by atoms with Crippen molar-refractivity contribution in [3.63, 3.8) is 0 Å². The minimum atomic E-state index is -0.557. The van der Waals surface area contributed by atoms with Gasteiger partial charge in [0, 0.05) is 16.8 Å². The number of aromatic nitrogens is 1. The summed E-state index contributed by atoms with van der Waals surface area (Å²) in [5.41, 5.74) is 11.8. The summed E-state index contributed by atoms with van der Waals surface area (Å²) in [6.45, 7) is 0.474. The molecule has 2 amide bonds. The fourth-order valence-electron chi connectivity index (χ4n) is 2.06. The smallest absolute Gasteiger partial charge is 0.271 e. The number of nitrogens with zero attached hydrogens (tertiary/aromatic N) is 1. The van der Waals surface area contributed by atoms with Crippen molar-refractivity contribution in [1.82, 2.24) is 10.3 Å². The van der Waals surface area contributed by atoms with Crippen molar-refractivity contribution in [3.8, 4) is 0 Å². The van der Waals surface area contributed by atoms with Gasteiger partial charge in [-0.1, -0.05) is 23.7 Å². The molecular weight excluding hydrogens is 336 g/mol. The molecule has 6 nitrogen and oxygen atoms in total. The molecule has 0 unspecified atom stereocenters. The molecule has 0 saturated heterocycles. The van der Waals surface area contributed by atoms with Crippen LogP contribution in [0.25, 0.3) is 0 Å². The Balaban J connectivity index is 2.16. The van der Waals surface area contributed by atoms with Crippen LogP contribution in [0.4, 0.5) is 0 Å². The molecule has 122 valence electrons. The lowest BCUT2D eigenvalue weighted by Gasteiger charge is -2.17. The van der Waals surface area contributed by atoms with Gasteiger partial charge < -0.3 is 16.8 Å². The third-order valence-electron chi connectivity index (χ3n) is 3.10. The zero-order valence-electron chi connectivity index (χ0n) is 12.3. The molecule has 0 aliphatic carbocycles. The van der Waals surface area contributed by atoms with Gasteiger partial charge in [-0.25, -0.2) is 4.98 Å². The number of rotatable bonds is 7. The van der Waals surface area contributed by atoms with Crippen LogP contribution in [0.3, 0.4) is 0 Å². The van der Waals surface area contributed by atoms with Crippen molar-refractivity contribution in [1.29, 1.82) is 0 Å². The third kappa shape index (κ3) is 5.02. The fraction of sp³-hybridized carbons (Fsp3) is 0.267. The molecule has 0 fully saturated rings. The summed E-state index contributed by atoms with van der Waals surface area (Å²) >= 11 is 7.34. The highest BCUT2D eigenvalue weighted by Crippen LogP contribution is 2.21. The number of carbonyl (C=O) groups excluding carboxylic acids is 2. The van der Waals surface area contributed by atoms with Gasteiger partial charge in [0.15, 0.2) is 0 Å². The monoisotopic (exact) mass is 352 g/mol. The summed E-state index contributed by atoms with van der Waals surface area (Å²) in [6.07, 6.45) is 0.600. The summed E-state index contributed by atoms with van der Waals surface area (Å²) in [7, 11) is 0. The van der Waals surface area contributed by atoms with E-state index in [0.29, 0.717) is 29.2 Å². The SMILES string of the molecule is NCCc1nc(C(=O)N[C@H](CC(N)=O)c2cccc(Cl)c2)cs1. The maximum atomic E-state index is 12.3. The molecule has 2 aromatic rings. The van der Waals surface area contributed by atoms with Gasteiger partial charge >= 0.3 is 0 Å². The molecule has 8 heteroatoms. The van der Waals surface area contributed by atoms with E-state index >= 15 is 0 Å². The van der Waals surface area contributed by atoms with Gasteiger partial charge in [0.25, 0.3) is 5.91 Å². The first-order valence-electron chi connectivity index (χ1n) is 6.98. The average molecular weight is 353 g/mol. The normalized spacial score (nSPS) is 11.9. The standard InChI is InChI=1S/C15H17ClN4O2S/c16-10-3-1-2-9(6-10)11(7-13(18)21)20-15(22)12-8-23-14(19-12)4-5-17/h1-3,6,8,11H,4-5,7,17H2,(H2,18,21)(H,20,22)/t11-/m1/s1. The summed E-state index contributed by atoms with van der Waals surface area (Å²) in [4.78, 5) is 27.8. The molecule has 1 atom stereocenters. The number of benzene rings is 1. The number of nitrogens with two attached hydrogens (primary N) is 2. The van der Waals surface area contributed by atoms with Gasteiger partial charge in [-0.3, -0.25) is 9.59 Å². The molecule has 2 rings (SSSR count). The molecule has 0 spiro atoms. The lowest BCUT2D eigenvalue weighted by molar-refractivity contribution is -0.118. The first kappa shape index (κ1) is 17.4. The van der Waals surface area contributed by atoms with Crippen LogP contribution in [0.15, 0.2) is 29.6 Å². The van der Waals surface area contributed by atoms with Crippen molar-refractivity contribution < 1.29 is 9.59 Å². The van der Waals surface area contributed by atoms with E-state index in [1.807, 2.05) is 0 Å². The minimum Gasteiger partial charge on any atom is -0.370 e. The van der Waals surface area contributed by atoms with E-state index in [-0.39, 0.29) is 12.3 Å². The summed E-state index contributed by atoms with van der Waals surface area (Å²) < 4.78 is 0. The second-order valence-corrected chi connectivity index (χ2v) is 6.30. The van der Waals surface area contributed by atoms with Crippen LogP contribution in [-0.2, 0) is 11.2 Å². The predicted molar refractivity (Wildman–Crippen MR) is 90.3 cm³/mol. The molecule has 1 aromatic heterocycles. The fourth-order valence-corrected chi connectivity index (χ4v) is 3.06. The molecular formula is C15H17ClN4O2S. The Morgan fingerprint density at radius 2 is 2.17 bits per heavy atom. The topological polar surface area (TPSA) is 111 Å². The van der Waals surface area contributed by atoms with Crippen LogP contribution in [0.1, 0.15) is 33.5 Å². The largest absolute Gasteiger partial charge is 0.370 e. The summed E-state index contributed by atoms with van der Waals surface area (Å²) in [6, 6.07) is 6.38. The van der Waals surface area contributed by atoms with Crippen LogP contribution < -0.4 is 16.8 Å². The number of nitrogens with one attached hydrogen (secondary N) is 1. The molecule has 0 aliphatic rings. The maximum Gasteiger partial charge on any atom is 0.271 e. The van der Waals surface area contributed by atoms with Gasteiger partial charge in [-0.15, -0.1) is 11.3 Å². The highest BCUT2D eigenvalue weighted by molar-refractivity contribution is 7.09. The van der Waals surface area contributed by atoms with E-state index in [0.717, 1.165) is 5.01 Å². The van der Waals surface area contributed by atoms with Crippen LogP contribution in [0.2, 0.25) is 5.02 Å². The van der Waals surface area contributed by atoms with Crippen LogP contribution >= 0.6 is 22.9 Å². The number of hydrogen-bond donors (Lipinski definition) is 3. The van der Waals surface area contributed by atoms with Crippen LogP contribution in [0, 0.1) is 0 Å². The Morgan fingerprint density at radius 1 is 1.39 bits per heavy atom. The number of amides is 2. The van der Waals surface area contributed by atoms with Crippen LogP contribution in [0.5, 0.6) is 0 Å². The van der Waals surface area contributed by atoms with Crippen molar-refractivity contribution >= 4 is 34.8 Å². The van der Waals surface area contributed by atoms with E-state index in [2.05, 4.69) is 10.3 Å². The van der Waals surface area contributed by atoms with Gasteiger partial charge in [0.2, 0.25) is 5.91 Å². The highest BCUT2D eigenvalue weighted by Gasteiger charge is 2.20. The average Bonchev–Trinajstić information content (AvgIpc) is 2.95. The lowest BCUT2D eigenvalue weighted by Crippen LogP contribution is -2.32. The predicted octanol–water partition coefficient (Wildman–Crippen LogP) is 1.64. The van der Waals surface area contributed by atoms with Crippen molar-refractivity contribution in [2.75, 3.05) is 6.54 Å². The molecule has 1 aromatic carbocycles. The zero-order valence-corrected chi connectivity index (χ0v) is 13.9. The molecule has 0 saturated carbocycles. The van der Waals surface area contributed by atoms with E-state index in [9.17, 15) is 9.59 Å². The molecule has 0 radical (unpaired) electrons. The summed E-state index contributed by atoms with van der Waals surface area (Å²) in [5.74, 6) is -0.881. The highest BCUT2D eigenvalue weighted by atomic mass is 35.5. The molecule has 5 N–H and O–H groups in total. The zero-order chi connectivity index (χ0) is 16.8. The lowest BCUT2D eigenvalue weighted by atomic mass is 10.0. The first-order valence-corrected chi connectivity index (χ1v) is 8.24. The Kier molecular flexibility index (Phi) is 6.09. The van der Waals surface area contributed by atoms with Gasteiger partial charge in [-0.05, 0) is 24.2 Å². The molecule has 0 aliphatic heterocycles. The van der Waals surface area contributed by atoms with E-state index in [1.165, 1.54) is 11.3 Å². The number of hydrogen-bond acceptors (Lipinski definition) is 5. The minimum absolute atomic E-state index is 0.0219. The number of carbonyl (C=O) groups is 2. The third-order valence-corrected chi connectivity index (χ3v) is 4.25. The number of halogens is 1. The quantitative estimate of drug-likeness (QED) is 0.703. The summed E-state index contributed by atoms with van der Waals surface area (Å²) in [5, 5.41) is 5.76. The van der Waals surface area contributed by atoms with E-state index in [4.69, 9.17) is 23.1 Å².